The number of anilines is 1. The SMILES string of the molecule is [N-]=[N+]=Nc1nc(N)c2ncn([C@@H]3O[C@H](CO)[C@@H](O)[C@H]3O)c2n1. The molecule has 116 valence electrons. The van der Waals surface area contributed by atoms with Gasteiger partial charge in [-0.1, -0.05) is 0 Å². The molecule has 3 rings (SSSR count). The first kappa shape index (κ1) is 14.4. The number of aliphatic hydroxyl groups is 3. The molecule has 1 aliphatic heterocycles. The summed E-state index contributed by atoms with van der Waals surface area (Å²) in [6.45, 7) is -0.456. The number of aromatic nitrogens is 4. The topological polar surface area (TPSA) is 188 Å². The van der Waals surface area contributed by atoms with Gasteiger partial charge in [-0.05, 0) is 10.6 Å². The number of rotatable bonds is 3. The summed E-state index contributed by atoms with van der Waals surface area (Å²) in [6, 6.07) is 0. The fourth-order valence-electron chi connectivity index (χ4n) is 2.31. The molecule has 4 atom stereocenters. The Balaban J connectivity index is 2.10. The Hall–Kier alpha value is -2.50. The molecular formula is C10H12N8O4. The van der Waals surface area contributed by atoms with E-state index in [4.69, 9.17) is 21.1 Å². The van der Waals surface area contributed by atoms with Crippen LogP contribution >= 0.6 is 0 Å². The highest BCUT2D eigenvalue weighted by atomic mass is 16.6. The van der Waals surface area contributed by atoms with E-state index in [0.29, 0.717) is 0 Å². The number of ether oxygens (including phenoxy) is 1. The first-order chi connectivity index (χ1) is 10.6. The maximum Gasteiger partial charge on any atom is 0.220 e. The van der Waals surface area contributed by atoms with Crippen molar-refractivity contribution in [2.45, 2.75) is 24.5 Å². The van der Waals surface area contributed by atoms with Crippen molar-refractivity contribution >= 4 is 22.9 Å². The van der Waals surface area contributed by atoms with E-state index >= 15 is 0 Å². The molecule has 12 nitrogen and oxygen atoms in total. The molecule has 22 heavy (non-hydrogen) atoms. The molecule has 0 spiro atoms. The second-order valence-corrected chi connectivity index (χ2v) is 4.65. The normalized spacial score (nSPS) is 28.0. The minimum Gasteiger partial charge on any atom is -0.394 e. The number of hydrogen-bond acceptors (Lipinski definition) is 9. The molecule has 3 heterocycles. The van der Waals surface area contributed by atoms with Crippen LogP contribution in [0.3, 0.4) is 0 Å². The van der Waals surface area contributed by atoms with Gasteiger partial charge in [0.15, 0.2) is 17.7 Å². The van der Waals surface area contributed by atoms with Crippen molar-refractivity contribution in [3.05, 3.63) is 16.8 Å². The molecule has 1 fully saturated rings. The lowest BCUT2D eigenvalue weighted by molar-refractivity contribution is -0.0511. The van der Waals surface area contributed by atoms with Crippen LogP contribution in [0.5, 0.6) is 0 Å². The maximum atomic E-state index is 10.0. The summed E-state index contributed by atoms with van der Waals surface area (Å²) in [6.07, 6.45) is -3.22. The Morgan fingerprint density at radius 1 is 1.41 bits per heavy atom. The van der Waals surface area contributed by atoms with Gasteiger partial charge in [-0.2, -0.15) is 0 Å². The first-order valence-corrected chi connectivity index (χ1v) is 6.24. The number of nitrogens with two attached hydrogens (primary N) is 1. The average molecular weight is 308 g/mol. The van der Waals surface area contributed by atoms with Gasteiger partial charge in [-0.3, -0.25) is 4.57 Å². The minimum absolute atomic E-state index is 0.00195. The van der Waals surface area contributed by atoms with Crippen LogP contribution < -0.4 is 5.73 Å². The Bertz CT molecular complexity index is 757. The Kier molecular flexibility index (Phi) is 3.52. The smallest absolute Gasteiger partial charge is 0.220 e. The third-order valence-corrected chi connectivity index (χ3v) is 3.36. The van der Waals surface area contributed by atoms with Gasteiger partial charge in [0.2, 0.25) is 5.95 Å². The predicted octanol–water partition coefficient (Wildman–Crippen LogP) is -1.04. The molecule has 1 aliphatic rings. The Labute approximate surface area is 122 Å². The van der Waals surface area contributed by atoms with Crippen molar-refractivity contribution in [3.8, 4) is 0 Å². The zero-order valence-corrected chi connectivity index (χ0v) is 11.1. The van der Waals surface area contributed by atoms with E-state index in [9.17, 15) is 10.2 Å². The lowest BCUT2D eigenvalue weighted by Crippen LogP contribution is -2.33. The van der Waals surface area contributed by atoms with E-state index in [0.717, 1.165) is 0 Å². The summed E-state index contributed by atoms with van der Waals surface area (Å²) < 4.78 is 6.72. The largest absolute Gasteiger partial charge is 0.394 e. The average Bonchev–Trinajstić information content (AvgIpc) is 3.03. The molecule has 0 aromatic carbocycles. The quantitative estimate of drug-likeness (QED) is 0.314. The summed E-state index contributed by atoms with van der Waals surface area (Å²) in [5.74, 6) is -0.209. The van der Waals surface area contributed by atoms with Gasteiger partial charge in [0, 0.05) is 4.91 Å². The van der Waals surface area contributed by atoms with Crippen LogP contribution in [0.25, 0.3) is 21.6 Å². The molecular weight excluding hydrogens is 296 g/mol. The first-order valence-electron chi connectivity index (χ1n) is 6.24. The summed E-state index contributed by atoms with van der Waals surface area (Å²) in [7, 11) is 0. The zero-order valence-electron chi connectivity index (χ0n) is 11.1. The van der Waals surface area contributed by atoms with Crippen molar-refractivity contribution in [2.24, 2.45) is 5.11 Å². The van der Waals surface area contributed by atoms with Crippen molar-refractivity contribution in [3.63, 3.8) is 0 Å². The number of azide groups is 1. The molecule has 0 bridgehead atoms. The van der Waals surface area contributed by atoms with Crippen molar-refractivity contribution in [1.29, 1.82) is 0 Å². The second-order valence-electron chi connectivity index (χ2n) is 4.65. The van der Waals surface area contributed by atoms with Gasteiger partial charge in [-0.25, -0.2) is 15.0 Å². The highest BCUT2D eigenvalue weighted by Gasteiger charge is 2.44. The zero-order chi connectivity index (χ0) is 15.9. The number of nitrogens with zero attached hydrogens (tertiary/aromatic N) is 7. The number of imidazole rings is 1. The molecule has 2 aromatic rings. The minimum atomic E-state index is -1.30. The standard InChI is InChI=1S/C10H12N8O4/c11-7-4-8(15-10(14-7)16-17-12)18(2-13-4)9-6(21)5(20)3(1-19)22-9/h2-3,5-6,9,19-21H,1H2,(H2,11,14,15)/t3-,5-,6-,9-/m1/s1. The number of aliphatic hydroxyl groups excluding tert-OH is 3. The van der Waals surface area contributed by atoms with Crippen molar-refractivity contribution in [2.75, 3.05) is 12.3 Å². The fourth-order valence-corrected chi connectivity index (χ4v) is 2.31. The van der Waals surface area contributed by atoms with Crippen LogP contribution in [0.2, 0.25) is 0 Å². The third kappa shape index (κ3) is 2.11. The lowest BCUT2D eigenvalue weighted by atomic mass is 10.1. The van der Waals surface area contributed by atoms with Gasteiger partial charge in [0.25, 0.3) is 0 Å². The third-order valence-electron chi connectivity index (χ3n) is 3.36. The van der Waals surface area contributed by atoms with E-state index in [1.165, 1.54) is 10.9 Å². The van der Waals surface area contributed by atoms with Crippen LogP contribution in [0.1, 0.15) is 6.23 Å². The number of fused-ring (bicyclic) bond motifs is 1. The molecule has 12 heteroatoms. The van der Waals surface area contributed by atoms with Gasteiger partial charge >= 0.3 is 0 Å². The van der Waals surface area contributed by atoms with Crippen LogP contribution in [-0.4, -0.2) is 59.8 Å². The number of hydrogen-bond donors (Lipinski definition) is 4. The Morgan fingerprint density at radius 3 is 2.82 bits per heavy atom. The molecule has 1 saturated heterocycles. The van der Waals surface area contributed by atoms with Crippen LogP contribution in [0.4, 0.5) is 11.8 Å². The van der Waals surface area contributed by atoms with E-state index < -0.39 is 31.1 Å². The molecule has 0 aliphatic carbocycles. The molecule has 0 unspecified atom stereocenters. The van der Waals surface area contributed by atoms with E-state index in [1.807, 2.05) is 0 Å². The summed E-state index contributed by atoms with van der Waals surface area (Å²) >= 11 is 0. The van der Waals surface area contributed by atoms with Gasteiger partial charge in [-0.15, -0.1) is 0 Å². The monoisotopic (exact) mass is 308 g/mol. The second kappa shape index (κ2) is 5.36. The van der Waals surface area contributed by atoms with E-state index in [2.05, 4.69) is 25.0 Å². The lowest BCUT2D eigenvalue weighted by Gasteiger charge is -2.16. The summed E-state index contributed by atoms with van der Waals surface area (Å²) in [4.78, 5) is 14.4. The molecule has 0 amide bonds. The van der Waals surface area contributed by atoms with Gasteiger partial charge in [0.1, 0.15) is 23.8 Å². The molecule has 0 radical (unpaired) electrons. The van der Waals surface area contributed by atoms with Crippen LogP contribution in [0.15, 0.2) is 11.4 Å². The van der Waals surface area contributed by atoms with Crippen LogP contribution in [-0.2, 0) is 4.74 Å². The van der Waals surface area contributed by atoms with Crippen molar-refractivity contribution in [1.82, 2.24) is 19.5 Å². The summed E-state index contributed by atoms with van der Waals surface area (Å²) in [5.41, 5.74) is 14.6. The van der Waals surface area contributed by atoms with E-state index in [-0.39, 0.29) is 22.9 Å². The number of nitrogen functional groups attached to an aromatic ring is 1. The Morgan fingerprint density at radius 2 is 2.18 bits per heavy atom. The van der Waals surface area contributed by atoms with E-state index in [1.54, 1.807) is 0 Å². The maximum absolute atomic E-state index is 10.0. The highest BCUT2D eigenvalue weighted by molar-refractivity contribution is 5.82. The van der Waals surface area contributed by atoms with Crippen LogP contribution in [0, 0.1) is 0 Å². The highest BCUT2D eigenvalue weighted by Crippen LogP contribution is 2.32. The van der Waals surface area contributed by atoms with Gasteiger partial charge < -0.3 is 25.8 Å². The molecule has 2 aromatic heterocycles. The molecule has 5 N–H and O–H groups in total. The van der Waals surface area contributed by atoms with Gasteiger partial charge in [0.05, 0.1) is 12.9 Å². The molecule has 0 saturated carbocycles. The van der Waals surface area contributed by atoms with Crippen molar-refractivity contribution < 1.29 is 20.1 Å². The predicted molar refractivity (Wildman–Crippen MR) is 71.6 cm³/mol. The fraction of sp³-hybridized carbons (Fsp3) is 0.500. The summed E-state index contributed by atoms with van der Waals surface area (Å²) in [5, 5.41) is 32.2.